The van der Waals surface area contributed by atoms with Crippen LogP contribution in [0.4, 0.5) is 0 Å². The molecule has 238 valence electrons. The molecule has 44 heavy (non-hydrogen) atoms. The van der Waals surface area contributed by atoms with Crippen LogP contribution < -0.4 is 4.74 Å². The molecule has 11 heteroatoms. The second-order valence-electron chi connectivity index (χ2n) is 11.3. The molecule has 2 heterocycles. The summed E-state index contributed by atoms with van der Waals surface area (Å²) in [6.45, 7) is 9.25. The summed E-state index contributed by atoms with van der Waals surface area (Å²) in [4.78, 5) is 69.0. The summed E-state index contributed by atoms with van der Waals surface area (Å²) >= 11 is 0. The van der Waals surface area contributed by atoms with Crippen LogP contribution in [0.2, 0.25) is 0 Å². The van der Waals surface area contributed by atoms with Crippen molar-refractivity contribution in [1.29, 1.82) is 0 Å². The van der Waals surface area contributed by atoms with Gasteiger partial charge in [-0.25, -0.2) is 4.98 Å². The maximum absolute atomic E-state index is 13.5. The fourth-order valence-corrected chi connectivity index (χ4v) is 4.58. The minimum atomic E-state index is -1.16. The lowest BCUT2D eigenvalue weighted by molar-refractivity contribution is -0.177. The molecule has 0 bridgehead atoms. The van der Waals surface area contributed by atoms with Gasteiger partial charge < -0.3 is 23.7 Å². The van der Waals surface area contributed by atoms with Crippen molar-refractivity contribution in [2.24, 2.45) is 23.7 Å². The Labute approximate surface area is 257 Å². The molecule has 0 aliphatic carbocycles. The quantitative estimate of drug-likeness (QED) is 0.147. The number of ketones is 1. The minimum Gasteiger partial charge on any atom is -0.464 e. The summed E-state index contributed by atoms with van der Waals surface area (Å²) in [5.74, 6) is -5.88. The van der Waals surface area contributed by atoms with Crippen LogP contribution in [0.5, 0.6) is 5.75 Å². The van der Waals surface area contributed by atoms with Gasteiger partial charge in [-0.3, -0.25) is 24.0 Å². The third kappa shape index (κ3) is 9.11. The van der Waals surface area contributed by atoms with Gasteiger partial charge in [0.05, 0.1) is 17.8 Å². The first-order valence-electron chi connectivity index (χ1n) is 14.8. The van der Waals surface area contributed by atoms with Gasteiger partial charge in [-0.05, 0) is 37.0 Å². The van der Waals surface area contributed by atoms with E-state index in [1.165, 1.54) is 6.20 Å². The van der Waals surface area contributed by atoms with Crippen molar-refractivity contribution in [3.05, 3.63) is 59.4 Å². The number of pyridine rings is 1. The normalized spacial score (nSPS) is 20.5. The zero-order chi connectivity index (χ0) is 32.4. The molecule has 0 N–H and O–H groups in total. The highest BCUT2D eigenvalue weighted by molar-refractivity contribution is 5.99. The molecular formula is C33H41NO10. The van der Waals surface area contributed by atoms with Gasteiger partial charge >= 0.3 is 23.9 Å². The van der Waals surface area contributed by atoms with Gasteiger partial charge in [-0.1, -0.05) is 65.0 Å². The Hall–Kier alpha value is -4.28. The Balaban J connectivity index is 1.85. The molecule has 1 fully saturated rings. The molecule has 1 aromatic heterocycles. The number of esters is 4. The SMILES string of the molecule is CCc1ccnc(C(=O)C[C@H]2COC(=O)[C@H](Cc3ccccc3)[C@@H](OC(=O)C(C)C)[C@H](C)OC2=O)c1OCOC(=O)C(C)C. The molecule has 1 aromatic carbocycles. The average molecular weight is 612 g/mol. The highest BCUT2D eigenvalue weighted by Gasteiger charge is 2.42. The Morgan fingerprint density at radius 3 is 2.30 bits per heavy atom. The zero-order valence-electron chi connectivity index (χ0n) is 26.1. The number of carbonyl (C=O) groups is 5. The largest absolute Gasteiger partial charge is 0.464 e. The molecule has 4 atom stereocenters. The molecule has 11 nitrogen and oxygen atoms in total. The number of hydrogen-bond donors (Lipinski definition) is 0. The van der Waals surface area contributed by atoms with E-state index in [0.717, 1.165) is 5.56 Å². The predicted molar refractivity (Wildman–Crippen MR) is 157 cm³/mol. The van der Waals surface area contributed by atoms with Gasteiger partial charge in [0.25, 0.3) is 0 Å². The van der Waals surface area contributed by atoms with Gasteiger partial charge in [0.1, 0.15) is 24.3 Å². The fraction of sp³-hybridized carbons (Fsp3) is 0.515. The molecule has 0 radical (unpaired) electrons. The lowest BCUT2D eigenvalue weighted by Gasteiger charge is -2.29. The first-order valence-corrected chi connectivity index (χ1v) is 14.8. The number of Topliss-reactive ketones (excluding diaryl/α,β-unsaturated/α-hetero) is 1. The van der Waals surface area contributed by atoms with E-state index in [2.05, 4.69) is 4.98 Å². The Bertz CT molecular complexity index is 1320. The van der Waals surface area contributed by atoms with E-state index < -0.39 is 79.4 Å². The van der Waals surface area contributed by atoms with Crippen molar-refractivity contribution in [2.75, 3.05) is 13.4 Å². The van der Waals surface area contributed by atoms with Crippen LogP contribution in [0.15, 0.2) is 42.6 Å². The number of ether oxygens (including phenoxy) is 5. The molecule has 1 saturated heterocycles. The van der Waals surface area contributed by atoms with Crippen LogP contribution in [0.1, 0.15) is 69.6 Å². The maximum atomic E-state index is 13.5. The van der Waals surface area contributed by atoms with Gasteiger partial charge in [0.15, 0.2) is 17.6 Å². The fourth-order valence-electron chi connectivity index (χ4n) is 4.58. The van der Waals surface area contributed by atoms with Gasteiger partial charge in [-0.2, -0.15) is 0 Å². The number of carbonyl (C=O) groups excluding carboxylic acids is 5. The molecule has 3 rings (SSSR count). The van der Waals surface area contributed by atoms with Crippen molar-refractivity contribution < 1.29 is 47.7 Å². The lowest BCUT2D eigenvalue weighted by Crippen LogP contribution is -2.43. The van der Waals surface area contributed by atoms with E-state index in [-0.39, 0.29) is 23.8 Å². The third-order valence-corrected chi connectivity index (χ3v) is 7.18. The summed E-state index contributed by atoms with van der Waals surface area (Å²) in [6, 6.07) is 10.8. The molecule has 1 aliphatic rings. The van der Waals surface area contributed by atoms with Crippen molar-refractivity contribution in [3.63, 3.8) is 0 Å². The summed E-state index contributed by atoms with van der Waals surface area (Å²) in [5.41, 5.74) is 1.40. The van der Waals surface area contributed by atoms with Crippen molar-refractivity contribution in [2.45, 2.75) is 73.0 Å². The van der Waals surface area contributed by atoms with E-state index in [4.69, 9.17) is 23.7 Å². The monoisotopic (exact) mass is 611 g/mol. The van der Waals surface area contributed by atoms with Crippen LogP contribution in [-0.2, 0) is 51.0 Å². The van der Waals surface area contributed by atoms with E-state index in [1.807, 2.05) is 37.3 Å². The smallest absolute Gasteiger partial charge is 0.313 e. The second kappa shape index (κ2) is 16.0. The molecular weight excluding hydrogens is 570 g/mol. The number of nitrogens with zero attached hydrogens (tertiary/aromatic N) is 1. The summed E-state index contributed by atoms with van der Waals surface area (Å²) < 4.78 is 27.8. The van der Waals surface area contributed by atoms with E-state index >= 15 is 0 Å². The molecule has 0 unspecified atom stereocenters. The summed E-state index contributed by atoms with van der Waals surface area (Å²) in [6.07, 6.45) is -0.413. The number of hydrogen-bond acceptors (Lipinski definition) is 11. The van der Waals surface area contributed by atoms with E-state index in [1.54, 1.807) is 40.7 Å². The highest BCUT2D eigenvalue weighted by atomic mass is 16.7. The van der Waals surface area contributed by atoms with Crippen LogP contribution in [0.25, 0.3) is 0 Å². The van der Waals surface area contributed by atoms with Crippen LogP contribution >= 0.6 is 0 Å². The van der Waals surface area contributed by atoms with Crippen LogP contribution in [-0.4, -0.2) is 60.3 Å². The van der Waals surface area contributed by atoms with E-state index in [0.29, 0.717) is 12.0 Å². The Morgan fingerprint density at radius 1 is 0.977 bits per heavy atom. The minimum absolute atomic E-state index is 0.0531. The van der Waals surface area contributed by atoms with Crippen molar-refractivity contribution >= 4 is 29.7 Å². The first-order chi connectivity index (χ1) is 20.9. The van der Waals surface area contributed by atoms with Gasteiger partial charge in [0.2, 0.25) is 6.79 Å². The number of cyclic esters (lactones) is 2. The van der Waals surface area contributed by atoms with Gasteiger partial charge in [-0.15, -0.1) is 0 Å². The summed E-state index contributed by atoms with van der Waals surface area (Å²) in [5, 5.41) is 0. The molecule has 0 spiro atoms. The number of aryl methyl sites for hydroxylation is 1. The average Bonchev–Trinajstić information content (AvgIpc) is 3.03. The van der Waals surface area contributed by atoms with E-state index in [9.17, 15) is 24.0 Å². The van der Waals surface area contributed by atoms with Gasteiger partial charge in [0, 0.05) is 12.6 Å². The van der Waals surface area contributed by atoms with Crippen LogP contribution in [0, 0.1) is 23.7 Å². The lowest BCUT2D eigenvalue weighted by atomic mass is 9.91. The van der Waals surface area contributed by atoms with Crippen molar-refractivity contribution in [3.8, 4) is 5.75 Å². The predicted octanol–water partition coefficient (Wildman–Crippen LogP) is 4.28. The van der Waals surface area contributed by atoms with Crippen molar-refractivity contribution in [1.82, 2.24) is 4.98 Å². The maximum Gasteiger partial charge on any atom is 0.313 e. The van der Waals surface area contributed by atoms with Crippen LogP contribution in [0.3, 0.4) is 0 Å². The highest BCUT2D eigenvalue weighted by Crippen LogP contribution is 2.29. The summed E-state index contributed by atoms with van der Waals surface area (Å²) in [7, 11) is 0. The second-order valence-corrected chi connectivity index (χ2v) is 11.3. The molecule has 0 amide bonds. The zero-order valence-corrected chi connectivity index (χ0v) is 26.1. The topological polar surface area (TPSA) is 144 Å². The standard InChI is InChI=1S/C33H41NO10/c1-7-23-13-14-34-27(29(23)41-18-42-30(36)19(2)3)26(35)16-24-17-40-33(39)25(15-22-11-9-8-10-12-22)28(21(6)43-32(24)38)44-31(37)20(4)5/h8-14,19-21,24-25,28H,7,15-18H2,1-6H3/t21-,24-,25+,28-/m0/s1. The Morgan fingerprint density at radius 2 is 1.66 bits per heavy atom. The Kier molecular flexibility index (Phi) is 12.4. The number of rotatable bonds is 12. The molecule has 2 aromatic rings. The molecule has 1 aliphatic heterocycles. The molecule has 0 saturated carbocycles. The number of aromatic nitrogens is 1. The number of benzene rings is 1. The first kappa shape index (κ1) is 34.2. The third-order valence-electron chi connectivity index (χ3n) is 7.18.